The molecule has 0 amide bonds. The predicted octanol–water partition coefficient (Wildman–Crippen LogP) is 3.14. The fourth-order valence-corrected chi connectivity index (χ4v) is 5.87. The highest BCUT2D eigenvalue weighted by Crippen LogP contribution is 2.57. The van der Waals surface area contributed by atoms with Crippen molar-refractivity contribution >= 4 is 17.0 Å². The van der Waals surface area contributed by atoms with E-state index in [0.29, 0.717) is 6.61 Å². The van der Waals surface area contributed by atoms with Crippen molar-refractivity contribution < 1.29 is 17.9 Å². The van der Waals surface area contributed by atoms with Crippen molar-refractivity contribution in [2.45, 2.75) is 24.0 Å². The van der Waals surface area contributed by atoms with Crippen molar-refractivity contribution in [1.82, 2.24) is 0 Å². The molecule has 1 unspecified atom stereocenters. The Hall–Kier alpha value is -1.98. The number of hydrogen-bond acceptors (Lipinski definition) is 4. The molecule has 4 nitrogen and oxygen atoms in total. The number of ether oxygens (including phenoxy) is 1. The second-order valence-corrected chi connectivity index (χ2v) is 7.69. The van der Waals surface area contributed by atoms with E-state index in [-0.39, 0.29) is 17.8 Å². The summed E-state index contributed by atoms with van der Waals surface area (Å²) in [6.45, 7) is 2.16. The van der Waals surface area contributed by atoms with Gasteiger partial charge in [0.2, 0.25) is 0 Å². The van der Waals surface area contributed by atoms with Gasteiger partial charge in [-0.25, -0.2) is 4.21 Å². The van der Waals surface area contributed by atoms with E-state index >= 15 is 0 Å². The van der Waals surface area contributed by atoms with Gasteiger partial charge in [0.1, 0.15) is 0 Å². The highest BCUT2D eigenvalue weighted by Gasteiger charge is 2.55. The number of methoxy groups -OCH3 is 1. The lowest BCUT2D eigenvalue weighted by atomic mass is 9.59. The highest BCUT2D eigenvalue weighted by molar-refractivity contribution is 7.81. The topological polar surface area (TPSA) is 52.6 Å². The lowest BCUT2D eigenvalue weighted by Crippen LogP contribution is -2.49. The molecule has 2 aromatic rings. The van der Waals surface area contributed by atoms with E-state index in [1.807, 2.05) is 31.2 Å². The maximum atomic E-state index is 12.9. The minimum absolute atomic E-state index is 0.131. The van der Waals surface area contributed by atoms with Crippen molar-refractivity contribution in [2.24, 2.45) is 5.92 Å². The average molecular weight is 356 g/mol. The van der Waals surface area contributed by atoms with Gasteiger partial charge in [-0.3, -0.25) is 8.98 Å². The van der Waals surface area contributed by atoms with Crippen molar-refractivity contribution in [2.75, 3.05) is 13.7 Å². The van der Waals surface area contributed by atoms with Crippen LogP contribution in [0.15, 0.2) is 48.5 Å². The molecule has 3 atom stereocenters. The lowest BCUT2D eigenvalue weighted by Gasteiger charge is -2.48. The van der Waals surface area contributed by atoms with E-state index < -0.39 is 22.2 Å². The molecule has 0 aromatic heterocycles. The molecule has 5 heteroatoms. The van der Waals surface area contributed by atoms with Gasteiger partial charge in [-0.15, -0.1) is 0 Å². The number of rotatable bonds is 4. The van der Waals surface area contributed by atoms with Gasteiger partial charge < -0.3 is 4.74 Å². The van der Waals surface area contributed by atoms with Gasteiger partial charge in [0, 0.05) is 11.8 Å². The van der Waals surface area contributed by atoms with E-state index in [1.54, 1.807) is 0 Å². The zero-order valence-corrected chi connectivity index (χ0v) is 15.0. The highest BCUT2D eigenvalue weighted by atomic mass is 32.2. The number of carbonyl (C=O) groups is 1. The van der Waals surface area contributed by atoms with Gasteiger partial charge in [-0.1, -0.05) is 48.5 Å². The van der Waals surface area contributed by atoms with Crippen LogP contribution in [-0.2, 0) is 24.8 Å². The van der Waals surface area contributed by atoms with Crippen LogP contribution in [0.4, 0.5) is 0 Å². The maximum absolute atomic E-state index is 12.9. The predicted molar refractivity (Wildman–Crippen MR) is 95.6 cm³/mol. The molecule has 0 radical (unpaired) electrons. The number of carbonyl (C=O) groups excluding carboxylic acids is 1. The quantitative estimate of drug-likeness (QED) is 0.790. The molecular weight excluding hydrogens is 336 g/mol. The second kappa shape index (κ2) is 6.39. The average Bonchev–Trinajstić information content (AvgIpc) is 2.66. The van der Waals surface area contributed by atoms with Crippen molar-refractivity contribution in [3.63, 3.8) is 0 Å². The number of benzene rings is 2. The summed E-state index contributed by atoms with van der Waals surface area (Å²) in [4.78, 5) is 12.7. The molecule has 25 heavy (non-hydrogen) atoms. The van der Waals surface area contributed by atoms with Gasteiger partial charge in [0.05, 0.1) is 24.9 Å². The summed E-state index contributed by atoms with van der Waals surface area (Å²) in [5.74, 6) is -1.11. The zero-order chi connectivity index (χ0) is 17.6. The first kappa shape index (κ1) is 16.5. The van der Waals surface area contributed by atoms with Gasteiger partial charge in [0.25, 0.3) is 0 Å². The standard InChI is InChI=1S/C20H20O4S/c1-3-24-25(22)19-17-14-10-6-4-8-12(14)16(18(19)20(21)23-2)13-9-5-7-11-15(13)17/h4-11,16-19H,3H2,1-2H3/t16?,17?,18-,19+,25?/m1/s1. The number of esters is 1. The van der Waals surface area contributed by atoms with Crippen molar-refractivity contribution in [3.8, 4) is 0 Å². The molecule has 0 saturated heterocycles. The summed E-state index contributed by atoms with van der Waals surface area (Å²) >= 11 is -1.57. The first-order valence-electron chi connectivity index (χ1n) is 8.48. The Balaban J connectivity index is 1.97. The van der Waals surface area contributed by atoms with Crippen LogP contribution in [0.3, 0.4) is 0 Å². The smallest absolute Gasteiger partial charge is 0.310 e. The summed E-state index contributed by atoms with van der Waals surface area (Å²) in [6, 6.07) is 16.3. The third-order valence-corrected chi connectivity index (χ3v) is 6.78. The third kappa shape index (κ3) is 2.37. The Morgan fingerprint density at radius 2 is 1.44 bits per heavy atom. The molecule has 0 aliphatic heterocycles. The normalized spacial score (nSPS) is 27.3. The van der Waals surface area contributed by atoms with Crippen LogP contribution in [0.5, 0.6) is 0 Å². The molecule has 3 aliphatic rings. The van der Waals surface area contributed by atoms with E-state index in [2.05, 4.69) is 24.3 Å². The van der Waals surface area contributed by atoms with Gasteiger partial charge in [-0.2, -0.15) is 0 Å². The molecule has 0 saturated carbocycles. The van der Waals surface area contributed by atoms with Crippen LogP contribution >= 0.6 is 0 Å². The zero-order valence-electron chi connectivity index (χ0n) is 14.2. The number of hydrogen-bond donors (Lipinski definition) is 0. The molecule has 5 rings (SSSR count). The summed E-state index contributed by atoms with van der Waals surface area (Å²) in [7, 11) is 1.39. The minimum Gasteiger partial charge on any atom is -0.469 e. The Bertz CT molecular complexity index is 800. The van der Waals surface area contributed by atoms with Crippen molar-refractivity contribution in [1.29, 1.82) is 0 Å². The summed E-state index contributed by atoms with van der Waals surface area (Å²) in [5.41, 5.74) is 4.55. The maximum Gasteiger partial charge on any atom is 0.310 e. The molecule has 2 bridgehead atoms. The second-order valence-electron chi connectivity index (χ2n) is 6.39. The van der Waals surface area contributed by atoms with E-state index in [4.69, 9.17) is 8.92 Å². The molecule has 130 valence electrons. The molecule has 2 aromatic carbocycles. The Labute approximate surface area is 149 Å². The van der Waals surface area contributed by atoms with Gasteiger partial charge >= 0.3 is 5.97 Å². The molecule has 0 fully saturated rings. The fourth-order valence-electron chi connectivity index (χ4n) is 4.46. The van der Waals surface area contributed by atoms with E-state index in [0.717, 1.165) is 22.3 Å². The molecular formula is C20H20O4S. The van der Waals surface area contributed by atoms with Crippen LogP contribution in [0.2, 0.25) is 0 Å². The van der Waals surface area contributed by atoms with Crippen molar-refractivity contribution in [3.05, 3.63) is 70.8 Å². The molecule has 0 spiro atoms. The van der Waals surface area contributed by atoms with Crippen LogP contribution in [0.1, 0.15) is 41.0 Å². The van der Waals surface area contributed by atoms with Gasteiger partial charge in [-0.05, 0) is 29.2 Å². The molecule has 0 heterocycles. The van der Waals surface area contributed by atoms with Crippen LogP contribution in [0, 0.1) is 5.92 Å². The van der Waals surface area contributed by atoms with E-state index in [9.17, 15) is 9.00 Å². The largest absolute Gasteiger partial charge is 0.469 e. The summed E-state index contributed by atoms with van der Waals surface area (Å²) in [5, 5.41) is -0.442. The number of fused-ring (bicyclic) bond motifs is 1. The summed E-state index contributed by atoms with van der Waals surface area (Å²) in [6.07, 6.45) is 0. The van der Waals surface area contributed by atoms with Gasteiger partial charge in [0.15, 0.2) is 11.1 Å². The summed E-state index contributed by atoms with van der Waals surface area (Å²) < 4.78 is 23.5. The Kier molecular flexibility index (Phi) is 4.21. The first-order chi connectivity index (χ1) is 12.2. The lowest BCUT2D eigenvalue weighted by molar-refractivity contribution is -0.146. The fraction of sp³-hybridized carbons (Fsp3) is 0.350. The minimum atomic E-state index is -1.57. The molecule has 0 N–H and O–H groups in total. The molecule has 3 aliphatic carbocycles. The monoisotopic (exact) mass is 356 g/mol. The van der Waals surface area contributed by atoms with Crippen LogP contribution in [0.25, 0.3) is 0 Å². The SMILES string of the molecule is CCOS(=O)[C@H]1C2c3ccccc3C(c3ccccc32)[C@H]1C(=O)OC. The van der Waals surface area contributed by atoms with Crippen LogP contribution in [-0.4, -0.2) is 29.1 Å². The third-order valence-electron chi connectivity index (χ3n) is 5.30. The van der Waals surface area contributed by atoms with Crippen LogP contribution < -0.4 is 0 Å². The Morgan fingerprint density at radius 3 is 1.88 bits per heavy atom. The first-order valence-corrected chi connectivity index (χ1v) is 9.62. The van der Waals surface area contributed by atoms with E-state index in [1.165, 1.54) is 7.11 Å². The Morgan fingerprint density at radius 1 is 0.960 bits per heavy atom.